The second-order valence-electron chi connectivity index (χ2n) is 4.34. The van der Waals surface area contributed by atoms with E-state index in [1.165, 1.54) is 0 Å². The van der Waals surface area contributed by atoms with Crippen LogP contribution in [0.2, 0.25) is 0 Å². The fourth-order valence-electron chi connectivity index (χ4n) is 2.69. The highest BCUT2D eigenvalue weighted by Gasteiger charge is 2.71. The van der Waals surface area contributed by atoms with Crippen LogP contribution in [0.3, 0.4) is 0 Å². The predicted molar refractivity (Wildman–Crippen MR) is 42.8 cm³/mol. The van der Waals surface area contributed by atoms with Gasteiger partial charge in [0.05, 0.1) is 0 Å². The quantitative estimate of drug-likeness (QED) is 0.780. The average Bonchev–Trinajstić information content (AvgIpc) is 2.44. The first kappa shape index (κ1) is 7.96. The Morgan fingerprint density at radius 3 is 2.71 bits per heavy atom. The van der Waals surface area contributed by atoms with E-state index in [2.05, 4.69) is 9.68 Å². The fourth-order valence-corrected chi connectivity index (χ4v) is 2.69. The molecular weight excluding hydrogens is 189 g/mol. The fraction of sp³-hybridized carbons (Fsp3) is 0.556. The van der Waals surface area contributed by atoms with E-state index in [0.717, 1.165) is 6.26 Å². The molecule has 0 amide bonds. The number of hydrogen-bond donors (Lipinski definition) is 1. The first-order valence-corrected chi connectivity index (χ1v) is 4.42. The van der Waals surface area contributed by atoms with E-state index in [1.807, 2.05) is 0 Å². The Hall–Kier alpha value is -1.39. The molecule has 2 bridgehead atoms. The van der Waals surface area contributed by atoms with Crippen molar-refractivity contribution in [1.82, 2.24) is 5.16 Å². The molecule has 3 aliphatic rings. The topological polar surface area (TPSA) is 63.3 Å². The molecule has 0 saturated heterocycles. The first-order valence-electron chi connectivity index (χ1n) is 4.42. The molecule has 0 aromatic carbocycles. The number of aromatic carboxylic acids is 1. The smallest absolute Gasteiger partial charge is 0.340 e. The summed E-state index contributed by atoms with van der Waals surface area (Å²) >= 11 is 0. The number of halogens is 1. The molecule has 14 heavy (non-hydrogen) atoms. The number of carboxylic acids is 1. The van der Waals surface area contributed by atoms with Gasteiger partial charge in [0.1, 0.15) is 23.2 Å². The highest BCUT2D eigenvalue weighted by atomic mass is 19.1. The maximum absolute atomic E-state index is 13.2. The summed E-state index contributed by atoms with van der Waals surface area (Å²) in [6.07, 6.45) is 2.30. The minimum atomic E-state index is -1.06. The number of hydrogen-bond acceptors (Lipinski definition) is 3. The Morgan fingerprint density at radius 2 is 2.21 bits per heavy atom. The normalized spacial score (nSPS) is 38.6. The number of carbonyl (C=O) groups is 1. The Balaban J connectivity index is 1.98. The van der Waals surface area contributed by atoms with E-state index in [0.29, 0.717) is 25.0 Å². The summed E-state index contributed by atoms with van der Waals surface area (Å²) in [7, 11) is 0. The van der Waals surface area contributed by atoms with Gasteiger partial charge in [-0.15, -0.1) is 0 Å². The summed E-state index contributed by atoms with van der Waals surface area (Å²) in [6, 6.07) is 0. The third-order valence-electron chi connectivity index (χ3n) is 3.27. The van der Waals surface area contributed by atoms with Crippen LogP contribution in [0, 0.1) is 0 Å². The predicted octanol–water partition coefficient (Wildman–Crippen LogP) is 1.52. The van der Waals surface area contributed by atoms with Crippen molar-refractivity contribution in [3.05, 3.63) is 17.5 Å². The lowest BCUT2D eigenvalue weighted by molar-refractivity contribution is -0.161. The van der Waals surface area contributed by atoms with Gasteiger partial charge in [-0.25, -0.2) is 9.18 Å². The molecule has 1 aromatic heterocycles. The van der Waals surface area contributed by atoms with Crippen molar-refractivity contribution in [2.45, 2.75) is 30.3 Å². The van der Waals surface area contributed by atoms with Gasteiger partial charge in [0.25, 0.3) is 0 Å². The maximum atomic E-state index is 13.2. The average molecular weight is 197 g/mol. The van der Waals surface area contributed by atoms with Gasteiger partial charge in [0.15, 0.2) is 0 Å². The largest absolute Gasteiger partial charge is 0.478 e. The Bertz CT molecular complexity index is 406. The van der Waals surface area contributed by atoms with Crippen molar-refractivity contribution in [2.24, 2.45) is 0 Å². The van der Waals surface area contributed by atoms with Gasteiger partial charge < -0.3 is 9.63 Å². The highest BCUT2D eigenvalue weighted by Crippen LogP contribution is 2.69. The molecular formula is C9H8FNO3. The van der Waals surface area contributed by atoms with Crippen molar-refractivity contribution >= 4 is 5.97 Å². The Morgan fingerprint density at radius 1 is 1.57 bits per heavy atom. The lowest BCUT2D eigenvalue weighted by atomic mass is 9.41. The van der Waals surface area contributed by atoms with Gasteiger partial charge in [-0.05, 0) is 19.3 Å². The molecule has 1 N–H and O–H groups in total. The van der Waals surface area contributed by atoms with Gasteiger partial charge in [-0.2, -0.15) is 0 Å². The zero-order chi connectivity index (χ0) is 9.97. The van der Waals surface area contributed by atoms with E-state index in [9.17, 15) is 9.18 Å². The molecule has 74 valence electrons. The summed E-state index contributed by atoms with van der Waals surface area (Å²) in [5.41, 5.74) is -0.888. The number of rotatable bonds is 2. The van der Waals surface area contributed by atoms with E-state index in [-0.39, 0.29) is 11.0 Å². The van der Waals surface area contributed by atoms with Gasteiger partial charge in [-0.1, -0.05) is 5.16 Å². The first-order chi connectivity index (χ1) is 6.55. The molecule has 1 heterocycles. The third-order valence-corrected chi connectivity index (χ3v) is 3.27. The molecule has 4 rings (SSSR count). The minimum Gasteiger partial charge on any atom is -0.478 e. The minimum absolute atomic E-state index is 0.0757. The monoisotopic (exact) mass is 197 g/mol. The zero-order valence-corrected chi connectivity index (χ0v) is 7.29. The number of alkyl halides is 1. The van der Waals surface area contributed by atoms with Crippen LogP contribution < -0.4 is 0 Å². The Kier molecular flexibility index (Phi) is 1.13. The SMILES string of the molecule is O=C(O)c1conc1C12CC(F)(C1)C2. The molecule has 4 nitrogen and oxygen atoms in total. The molecule has 0 spiro atoms. The lowest BCUT2D eigenvalue weighted by Crippen LogP contribution is -2.67. The van der Waals surface area contributed by atoms with Crippen LogP contribution in [0.1, 0.15) is 35.3 Å². The number of nitrogens with zero attached hydrogens (tertiary/aromatic N) is 1. The lowest BCUT2D eigenvalue weighted by Gasteiger charge is -2.64. The van der Waals surface area contributed by atoms with Crippen molar-refractivity contribution in [3.63, 3.8) is 0 Å². The van der Waals surface area contributed by atoms with E-state index >= 15 is 0 Å². The molecule has 0 unspecified atom stereocenters. The van der Waals surface area contributed by atoms with Crippen LogP contribution in [0.25, 0.3) is 0 Å². The van der Waals surface area contributed by atoms with E-state index in [4.69, 9.17) is 5.11 Å². The van der Waals surface area contributed by atoms with E-state index in [1.54, 1.807) is 0 Å². The summed E-state index contributed by atoms with van der Waals surface area (Å²) in [4.78, 5) is 10.8. The molecule has 3 aliphatic carbocycles. The van der Waals surface area contributed by atoms with Gasteiger partial charge in [-0.3, -0.25) is 0 Å². The maximum Gasteiger partial charge on any atom is 0.340 e. The van der Waals surface area contributed by atoms with Crippen molar-refractivity contribution in [3.8, 4) is 0 Å². The summed E-state index contributed by atoms with van der Waals surface area (Å²) in [6.45, 7) is 0. The van der Waals surface area contributed by atoms with Crippen LogP contribution in [0.4, 0.5) is 4.39 Å². The second kappa shape index (κ2) is 1.99. The standard InChI is InChI=1S/C9H8FNO3/c10-9-2-8(3-9,4-9)6-5(7(12)13)1-14-11-6/h1H,2-4H2,(H,12,13). The third kappa shape index (κ3) is 0.731. The molecule has 3 fully saturated rings. The molecule has 0 aliphatic heterocycles. The highest BCUT2D eigenvalue weighted by molar-refractivity contribution is 5.89. The van der Waals surface area contributed by atoms with Crippen molar-refractivity contribution < 1.29 is 18.8 Å². The number of aromatic nitrogens is 1. The molecule has 1 aromatic rings. The van der Waals surface area contributed by atoms with Gasteiger partial charge >= 0.3 is 5.97 Å². The summed E-state index contributed by atoms with van der Waals surface area (Å²) < 4.78 is 17.9. The molecule has 0 atom stereocenters. The summed E-state index contributed by atoms with van der Waals surface area (Å²) in [5.74, 6) is -1.06. The Labute approximate surface area is 78.7 Å². The van der Waals surface area contributed by atoms with Gasteiger partial charge in [0.2, 0.25) is 0 Å². The van der Waals surface area contributed by atoms with Crippen LogP contribution in [0.5, 0.6) is 0 Å². The van der Waals surface area contributed by atoms with Crippen LogP contribution in [0.15, 0.2) is 10.8 Å². The van der Waals surface area contributed by atoms with Crippen LogP contribution in [-0.4, -0.2) is 21.9 Å². The van der Waals surface area contributed by atoms with Gasteiger partial charge in [0, 0.05) is 5.41 Å². The molecule has 0 radical (unpaired) electrons. The van der Waals surface area contributed by atoms with Crippen LogP contribution >= 0.6 is 0 Å². The zero-order valence-electron chi connectivity index (χ0n) is 7.29. The van der Waals surface area contributed by atoms with Crippen molar-refractivity contribution in [1.29, 1.82) is 0 Å². The summed E-state index contributed by atoms with van der Waals surface area (Å²) in [5, 5.41) is 12.5. The molecule has 3 saturated carbocycles. The van der Waals surface area contributed by atoms with Crippen molar-refractivity contribution in [2.75, 3.05) is 0 Å². The van der Waals surface area contributed by atoms with E-state index < -0.39 is 11.6 Å². The number of carboxylic acid groups (broad SMARTS) is 1. The second-order valence-corrected chi connectivity index (χ2v) is 4.34. The molecule has 5 heteroatoms. The van der Waals surface area contributed by atoms with Crippen LogP contribution in [-0.2, 0) is 5.41 Å².